The fourth-order valence-electron chi connectivity index (χ4n) is 3.72. The molecule has 5 nitrogen and oxygen atoms in total. The number of hydrogen-bond donors (Lipinski definition) is 2. The highest BCUT2D eigenvalue weighted by Gasteiger charge is 2.42. The van der Waals surface area contributed by atoms with Crippen LogP contribution in [0.25, 0.3) is 5.69 Å². The van der Waals surface area contributed by atoms with Gasteiger partial charge in [-0.3, -0.25) is 4.98 Å². The molecule has 138 valence electrons. The Hall–Kier alpha value is -2.86. The molecule has 2 unspecified atom stereocenters. The minimum atomic E-state index is -0.0353. The molecule has 2 N–H and O–H groups in total. The summed E-state index contributed by atoms with van der Waals surface area (Å²) in [6.45, 7) is 4.30. The summed E-state index contributed by atoms with van der Waals surface area (Å²) in [5.74, 6) is 0.256. The number of nitrogens with one attached hydrogen (secondary N) is 1. The molecule has 1 fully saturated rings. The van der Waals surface area contributed by atoms with Crippen LogP contribution in [0.4, 0.5) is 0 Å². The summed E-state index contributed by atoms with van der Waals surface area (Å²) >= 11 is 5.67. The van der Waals surface area contributed by atoms with Crippen LogP contribution >= 0.6 is 12.2 Å². The standard InChI is InChI=1S/C21H22N4OS/c1-14(2)25-20(19(23-21(25)27)17-6-3-4-12-22-17)18-7-5-13-24(18)15-8-10-16(26)11-9-15/h3-14,19-20,26H,1-2H3,(H,23,27). The van der Waals surface area contributed by atoms with Crippen LogP contribution in [0.2, 0.25) is 0 Å². The van der Waals surface area contributed by atoms with Gasteiger partial charge < -0.3 is 19.9 Å². The normalized spacial score (nSPS) is 19.5. The van der Waals surface area contributed by atoms with E-state index >= 15 is 0 Å². The Bertz CT molecular complexity index is 936. The lowest BCUT2D eigenvalue weighted by molar-refractivity contribution is 0.262. The average molecular weight is 379 g/mol. The number of aromatic nitrogens is 2. The summed E-state index contributed by atoms with van der Waals surface area (Å²) in [6, 6.07) is 17.6. The average Bonchev–Trinajstić information content (AvgIpc) is 3.27. The van der Waals surface area contributed by atoms with Crippen LogP contribution < -0.4 is 5.32 Å². The molecule has 0 bridgehead atoms. The van der Waals surface area contributed by atoms with Crippen LogP contribution in [-0.2, 0) is 0 Å². The summed E-state index contributed by atoms with van der Waals surface area (Å²) in [4.78, 5) is 6.81. The highest BCUT2D eigenvalue weighted by atomic mass is 32.1. The number of pyridine rings is 1. The van der Waals surface area contributed by atoms with Gasteiger partial charge in [-0.15, -0.1) is 0 Å². The third-order valence-electron chi connectivity index (χ3n) is 4.90. The van der Waals surface area contributed by atoms with Gasteiger partial charge in [0.25, 0.3) is 0 Å². The van der Waals surface area contributed by atoms with E-state index in [1.54, 1.807) is 12.1 Å². The summed E-state index contributed by atoms with van der Waals surface area (Å²) in [5.41, 5.74) is 3.08. The summed E-state index contributed by atoms with van der Waals surface area (Å²) < 4.78 is 2.14. The second kappa shape index (κ2) is 7.04. The number of nitrogens with zero attached hydrogens (tertiary/aromatic N) is 3. The monoisotopic (exact) mass is 378 g/mol. The second-order valence-corrected chi connectivity index (χ2v) is 7.33. The smallest absolute Gasteiger partial charge is 0.170 e. The summed E-state index contributed by atoms with van der Waals surface area (Å²) in [7, 11) is 0. The molecule has 6 heteroatoms. The van der Waals surface area contributed by atoms with Gasteiger partial charge in [0, 0.05) is 29.8 Å². The first-order valence-electron chi connectivity index (χ1n) is 9.02. The Morgan fingerprint density at radius 1 is 1.07 bits per heavy atom. The molecule has 0 aliphatic carbocycles. The molecule has 3 aromatic rings. The minimum absolute atomic E-state index is 0.0104. The van der Waals surface area contributed by atoms with Crippen LogP contribution in [-0.4, -0.2) is 30.7 Å². The van der Waals surface area contributed by atoms with Crippen molar-refractivity contribution in [2.75, 3.05) is 0 Å². The lowest BCUT2D eigenvalue weighted by atomic mass is 10.0. The van der Waals surface area contributed by atoms with Gasteiger partial charge in [0.05, 0.1) is 17.8 Å². The third kappa shape index (κ3) is 3.17. The number of phenolic OH excluding ortho intramolecular Hbond substituents is 1. The molecule has 1 saturated heterocycles. The SMILES string of the molecule is CC(C)N1C(=S)NC(c2ccccn2)C1c1cccn1-c1ccc(O)cc1. The number of thiocarbonyl (C=S) groups is 1. The molecule has 1 aliphatic heterocycles. The third-order valence-corrected chi connectivity index (χ3v) is 5.23. The number of benzene rings is 1. The van der Waals surface area contributed by atoms with Gasteiger partial charge >= 0.3 is 0 Å². The van der Waals surface area contributed by atoms with Gasteiger partial charge in [-0.1, -0.05) is 6.07 Å². The van der Waals surface area contributed by atoms with E-state index in [0.29, 0.717) is 0 Å². The Balaban J connectivity index is 1.82. The molecule has 0 saturated carbocycles. The highest BCUT2D eigenvalue weighted by molar-refractivity contribution is 7.80. The first-order chi connectivity index (χ1) is 13.1. The van der Waals surface area contributed by atoms with E-state index in [0.717, 1.165) is 22.2 Å². The first kappa shape index (κ1) is 17.5. The van der Waals surface area contributed by atoms with Crippen molar-refractivity contribution in [1.82, 2.24) is 19.8 Å². The van der Waals surface area contributed by atoms with Gasteiger partial charge in [-0.05, 0) is 74.6 Å². The molecule has 0 amide bonds. The van der Waals surface area contributed by atoms with Crippen molar-refractivity contribution in [3.63, 3.8) is 0 Å². The van der Waals surface area contributed by atoms with Gasteiger partial charge in [-0.25, -0.2) is 0 Å². The quantitative estimate of drug-likeness (QED) is 0.673. The van der Waals surface area contributed by atoms with Crippen molar-refractivity contribution in [2.45, 2.75) is 32.0 Å². The minimum Gasteiger partial charge on any atom is -0.508 e. The van der Waals surface area contributed by atoms with Crippen LogP contribution in [0, 0.1) is 0 Å². The Labute approximate surface area is 164 Å². The molecule has 27 heavy (non-hydrogen) atoms. The van der Waals surface area contributed by atoms with E-state index in [9.17, 15) is 5.11 Å². The molecule has 4 rings (SSSR count). The predicted molar refractivity (Wildman–Crippen MR) is 110 cm³/mol. The van der Waals surface area contributed by atoms with Crippen LogP contribution in [0.15, 0.2) is 67.0 Å². The van der Waals surface area contributed by atoms with Gasteiger partial charge in [0.2, 0.25) is 0 Å². The fourth-order valence-corrected chi connectivity index (χ4v) is 4.17. The maximum atomic E-state index is 9.62. The van der Waals surface area contributed by atoms with E-state index in [1.165, 1.54) is 0 Å². The number of hydrogen-bond acceptors (Lipinski definition) is 3. The maximum absolute atomic E-state index is 9.62. The number of aromatic hydroxyl groups is 1. The van der Waals surface area contributed by atoms with E-state index in [1.807, 2.05) is 48.8 Å². The molecule has 0 spiro atoms. The maximum Gasteiger partial charge on any atom is 0.170 e. The zero-order valence-electron chi connectivity index (χ0n) is 15.3. The van der Waals surface area contributed by atoms with Gasteiger partial charge in [0.1, 0.15) is 5.75 Å². The molecule has 3 heterocycles. The van der Waals surface area contributed by atoms with E-state index in [2.05, 4.69) is 39.7 Å². The van der Waals surface area contributed by atoms with Gasteiger partial charge in [-0.2, -0.15) is 0 Å². The van der Waals surface area contributed by atoms with Crippen molar-refractivity contribution in [3.05, 3.63) is 78.4 Å². The van der Waals surface area contributed by atoms with Crippen molar-refractivity contribution >= 4 is 17.3 Å². The van der Waals surface area contributed by atoms with Crippen molar-refractivity contribution in [3.8, 4) is 11.4 Å². The van der Waals surface area contributed by atoms with Crippen molar-refractivity contribution in [2.24, 2.45) is 0 Å². The first-order valence-corrected chi connectivity index (χ1v) is 9.43. The molecule has 0 radical (unpaired) electrons. The van der Waals surface area contributed by atoms with E-state index < -0.39 is 0 Å². The van der Waals surface area contributed by atoms with Crippen LogP contribution in [0.1, 0.15) is 37.3 Å². The van der Waals surface area contributed by atoms with Crippen LogP contribution in [0.5, 0.6) is 5.75 Å². The van der Waals surface area contributed by atoms with Crippen molar-refractivity contribution < 1.29 is 5.11 Å². The van der Waals surface area contributed by atoms with Crippen molar-refractivity contribution in [1.29, 1.82) is 0 Å². The molecular weight excluding hydrogens is 356 g/mol. The molecular formula is C21H22N4OS. The molecule has 2 aromatic heterocycles. The second-order valence-electron chi connectivity index (χ2n) is 6.95. The van der Waals surface area contributed by atoms with Gasteiger partial charge in [0.15, 0.2) is 5.11 Å². The number of phenols is 1. The summed E-state index contributed by atoms with van der Waals surface area (Å²) in [5, 5.41) is 13.8. The lowest BCUT2D eigenvalue weighted by Gasteiger charge is -2.31. The lowest BCUT2D eigenvalue weighted by Crippen LogP contribution is -2.36. The van der Waals surface area contributed by atoms with E-state index in [4.69, 9.17) is 12.2 Å². The van der Waals surface area contributed by atoms with Crippen LogP contribution in [0.3, 0.4) is 0 Å². The summed E-state index contributed by atoms with van der Waals surface area (Å²) in [6.07, 6.45) is 3.85. The fraction of sp³-hybridized carbons (Fsp3) is 0.238. The predicted octanol–water partition coefficient (Wildman–Crippen LogP) is 3.96. The zero-order valence-corrected chi connectivity index (χ0v) is 16.1. The highest BCUT2D eigenvalue weighted by Crippen LogP contribution is 2.40. The zero-order chi connectivity index (χ0) is 19.0. The topological polar surface area (TPSA) is 53.3 Å². The van der Waals surface area contributed by atoms with E-state index in [-0.39, 0.29) is 23.9 Å². The largest absolute Gasteiger partial charge is 0.508 e. The Kier molecular flexibility index (Phi) is 4.58. The molecule has 1 aliphatic rings. The molecule has 1 aromatic carbocycles. The molecule has 2 atom stereocenters. The Morgan fingerprint density at radius 2 is 1.85 bits per heavy atom. The Morgan fingerprint density at radius 3 is 2.52 bits per heavy atom. The number of rotatable bonds is 4.